The van der Waals surface area contributed by atoms with Gasteiger partial charge in [-0.05, 0) is 24.6 Å². The molecule has 0 amide bonds. The summed E-state index contributed by atoms with van der Waals surface area (Å²) in [6, 6.07) is 6.03. The summed E-state index contributed by atoms with van der Waals surface area (Å²) < 4.78 is 1.01. The largest absolute Gasteiger partial charge is 0.481 e. The van der Waals surface area contributed by atoms with Gasteiger partial charge >= 0.3 is 5.97 Å². The predicted molar refractivity (Wildman–Crippen MR) is 76.0 cm³/mol. The van der Waals surface area contributed by atoms with Crippen molar-refractivity contribution in [2.75, 3.05) is 0 Å². The molecule has 1 heterocycles. The van der Waals surface area contributed by atoms with Crippen molar-refractivity contribution < 1.29 is 9.90 Å². The third-order valence-corrected chi connectivity index (χ3v) is 3.71. The fourth-order valence-electron chi connectivity index (χ4n) is 2.64. The number of aliphatic carboxylic acids is 1. The standard InChI is InChI=1S/C14H16BrNO2/c1-8-13(14(2,3)7-12(17)18)10-5-4-9(15)6-11(10)16-8/h4-6,16H,7H2,1-3H3,(H,17,18). The Morgan fingerprint density at radius 2 is 2.11 bits per heavy atom. The second-order valence-electron chi connectivity index (χ2n) is 5.27. The van der Waals surface area contributed by atoms with Gasteiger partial charge in [0.1, 0.15) is 0 Å². The zero-order chi connectivity index (χ0) is 13.5. The molecule has 0 bridgehead atoms. The maximum absolute atomic E-state index is 11.0. The van der Waals surface area contributed by atoms with E-state index in [1.165, 1.54) is 0 Å². The van der Waals surface area contributed by atoms with Crippen LogP contribution < -0.4 is 0 Å². The molecule has 18 heavy (non-hydrogen) atoms. The van der Waals surface area contributed by atoms with Gasteiger partial charge < -0.3 is 10.1 Å². The van der Waals surface area contributed by atoms with Crippen LogP contribution in [-0.2, 0) is 10.2 Å². The Morgan fingerprint density at radius 1 is 1.44 bits per heavy atom. The first-order valence-corrected chi connectivity index (χ1v) is 6.60. The van der Waals surface area contributed by atoms with Crippen molar-refractivity contribution in [3.63, 3.8) is 0 Å². The summed E-state index contributed by atoms with van der Waals surface area (Å²) in [5.41, 5.74) is 2.78. The molecule has 0 aliphatic carbocycles. The second-order valence-corrected chi connectivity index (χ2v) is 6.18. The van der Waals surface area contributed by atoms with E-state index in [0.29, 0.717) is 0 Å². The SMILES string of the molecule is Cc1[nH]c2cc(Br)ccc2c1C(C)(C)CC(=O)O. The molecule has 1 aromatic heterocycles. The molecule has 3 nitrogen and oxygen atoms in total. The lowest BCUT2D eigenvalue weighted by atomic mass is 9.80. The van der Waals surface area contributed by atoms with Crippen LogP contribution in [0.1, 0.15) is 31.5 Å². The fourth-order valence-corrected chi connectivity index (χ4v) is 3.00. The molecule has 0 unspecified atom stereocenters. The zero-order valence-electron chi connectivity index (χ0n) is 10.7. The summed E-state index contributed by atoms with van der Waals surface area (Å²) in [6.07, 6.45) is 0.122. The molecular formula is C14H16BrNO2. The van der Waals surface area contributed by atoms with Crippen LogP contribution in [0.25, 0.3) is 10.9 Å². The second kappa shape index (κ2) is 4.43. The van der Waals surface area contributed by atoms with Crippen molar-refractivity contribution in [1.82, 2.24) is 4.98 Å². The van der Waals surface area contributed by atoms with Gasteiger partial charge in [-0.25, -0.2) is 0 Å². The van der Waals surface area contributed by atoms with Gasteiger partial charge in [-0.2, -0.15) is 0 Å². The number of aromatic nitrogens is 1. The molecule has 0 radical (unpaired) electrons. The molecule has 4 heteroatoms. The highest BCUT2D eigenvalue weighted by Gasteiger charge is 2.28. The van der Waals surface area contributed by atoms with E-state index in [0.717, 1.165) is 26.6 Å². The number of carboxylic acids is 1. The number of hydrogen-bond acceptors (Lipinski definition) is 1. The number of nitrogens with one attached hydrogen (secondary N) is 1. The highest BCUT2D eigenvalue weighted by atomic mass is 79.9. The molecule has 0 saturated heterocycles. The minimum absolute atomic E-state index is 0.122. The zero-order valence-corrected chi connectivity index (χ0v) is 12.3. The van der Waals surface area contributed by atoms with Gasteiger partial charge in [0.25, 0.3) is 0 Å². The topological polar surface area (TPSA) is 53.1 Å². The molecule has 2 rings (SSSR count). The smallest absolute Gasteiger partial charge is 0.304 e. The molecule has 1 aromatic carbocycles. The number of carbonyl (C=O) groups is 1. The predicted octanol–water partition coefficient (Wildman–Crippen LogP) is 3.99. The van der Waals surface area contributed by atoms with Crippen molar-refractivity contribution in [2.45, 2.75) is 32.6 Å². The van der Waals surface area contributed by atoms with E-state index in [-0.39, 0.29) is 11.8 Å². The van der Waals surface area contributed by atoms with Crippen molar-refractivity contribution in [3.8, 4) is 0 Å². The van der Waals surface area contributed by atoms with Crippen LogP contribution in [-0.4, -0.2) is 16.1 Å². The average Bonchev–Trinajstić information content (AvgIpc) is 2.51. The van der Waals surface area contributed by atoms with Crippen LogP contribution in [0.2, 0.25) is 0 Å². The monoisotopic (exact) mass is 309 g/mol. The lowest BCUT2D eigenvalue weighted by Gasteiger charge is -2.23. The third kappa shape index (κ3) is 2.29. The number of benzene rings is 1. The van der Waals surface area contributed by atoms with Crippen LogP contribution in [0.3, 0.4) is 0 Å². The lowest BCUT2D eigenvalue weighted by molar-refractivity contribution is -0.138. The van der Waals surface area contributed by atoms with E-state index in [2.05, 4.69) is 20.9 Å². The number of hydrogen-bond donors (Lipinski definition) is 2. The van der Waals surface area contributed by atoms with E-state index in [4.69, 9.17) is 5.11 Å². The summed E-state index contributed by atoms with van der Waals surface area (Å²) in [4.78, 5) is 14.3. The summed E-state index contributed by atoms with van der Waals surface area (Å²) in [6.45, 7) is 5.93. The number of aryl methyl sites for hydroxylation is 1. The molecular weight excluding hydrogens is 294 g/mol. The third-order valence-electron chi connectivity index (χ3n) is 3.22. The van der Waals surface area contributed by atoms with Gasteiger partial charge in [-0.1, -0.05) is 35.8 Å². The van der Waals surface area contributed by atoms with Crippen LogP contribution in [0.5, 0.6) is 0 Å². The molecule has 0 aliphatic rings. The normalized spacial score (nSPS) is 12.0. The Hall–Kier alpha value is -1.29. The van der Waals surface area contributed by atoms with Crippen molar-refractivity contribution >= 4 is 32.8 Å². The molecule has 0 atom stereocenters. The Morgan fingerprint density at radius 3 is 2.72 bits per heavy atom. The van der Waals surface area contributed by atoms with Crippen molar-refractivity contribution in [1.29, 1.82) is 0 Å². The van der Waals surface area contributed by atoms with Gasteiger partial charge in [-0.3, -0.25) is 4.79 Å². The van der Waals surface area contributed by atoms with Crippen LogP contribution in [0, 0.1) is 6.92 Å². The maximum atomic E-state index is 11.0. The first kappa shape index (κ1) is 13.1. The molecule has 96 valence electrons. The molecule has 0 saturated carbocycles. The van der Waals surface area contributed by atoms with E-state index < -0.39 is 5.97 Å². The van der Waals surface area contributed by atoms with Crippen molar-refractivity contribution in [2.24, 2.45) is 0 Å². The van der Waals surface area contributed by atoms with Gasteiger partial charge in [-0.15, -0.1) is 0 Å². The van der Waals surface area contributed by atoms with E-state index in [1.807, 2.05) is 39.0 Å². The molecule has 0 fully saturated rings. The van der Waals surface area contributed by atoms with Gasteiger partial charge in [0.05, 0.1) is 6.42 Å². The Kier molecular flexibility index (Phi) is 3.23. The Balaban J connectivity index is 2.63. The van der Waals surface area contributed by atoms with E-state index >= 15 is 0 Å². The highest BCUT2D eigenvalue weighted by molar-refractivity contribution is 9.10. The molecule has 0 aliphatic heterocycles. The van der Waals surface area contributed by atoms with Crippen LogP contribution >= 0.6 is 15.9 Å². The summed E-state index contributed by atoms with van der Waals surface area (Å²) in [5.74, 6) is -0.772. The fraction of sp³-hybridized carbons (Fsp3) is 0.357. The Labute approximate surface area is 114 Å². The summed E-state index contributed by atoms with van der Waals surface area (Å²) in [5, 5.41) is 10.1. The van der Waals surface area contributed by atoms with Gasteiger partial charge in [0, 0.05) is 26.5 Å². The molecule has 2 N–H and O–H groups in total. The maximum Gasteiger partial charge on any atom is 0.304 e. The molecule has 2 aromatic rings. The van der Waals surface area contributed by atoms with E-state index in [9.17, 15) is 4.79 Å². The van der Waals surface area contributed by atoms with Gasteiger partial charge in [0.2, 0.25) is 0 Å². The quantitative estimate of drug-likeness (QED) is 0.900. The number of carboxylic acid groups (broad SMARTS) is 1. The van der Waals surface area contributed by atoms with Gasteiger partial charge in [0.15, 0.2) is 0 Å². The number of H-pyrrole nitrogens is 1. The Bertz CT molecular complexity index is 614. The molecule has 0 spiro atoms. The number of aromatic amines is 1. The summed E-state index contributed by atoms with van der Waals surface area (Å²) in [7, 11) is 0. The summed E-state index contributed by atoms with van der Waals surface area (Å²) >= 11 is 3.44. The number of rotatable bonds is 3. The minimum Gasteiger partial charge on any atom is -0.481 e. The average molecular weight is 310 g/mol. The number of halogens is 1. The van der Waals surface area contributed by atoms with Crippen LogP contribution in [0.15, 0.2) is 22.7 Å². The van der Waals surface area contributed by atoms with Crippen LogP contribution in [0.4, 0.5) is 0 Å². The van der Waals surface area contributed by atoms with Crippen molar-refractivity contribution in [3.05, 3.63) is 33.9 Å². The first-order chi connectivity index (χ1) is 8.31. The number of fused-ring (bicyclic) bond motifs is 1. The highest BCUT2D eigenvalue weighted by Crippen LogP contribution is 2.36. The van der Waals surface area contributed by atoms with E-state index in [1.54, 1.807) is 0 Å². The first-order valence-electron chi connectivity index (χ1n) is 5.81. The minimum atomic E-state index is -0.772. The lowest BCUT2D eigenvalue weighted by Crippen LogP contribution is -2.22.